The molecule has 0 unspecified atom stereocenters. The van der Waals surface area contributed by atoms with Crippen LogP contribution >= 0.6 is 11.6 Å². The van der Waals surface area contributed by atoms with Crippen LogP contribution in [0, 0.1) is 0 Å². The number of benzene rings is 1. The fourth-order valence-corrected chi connectivity index (χ4v) is 2.17. The highest BCUT2D eigenvalue weighted by atomic mass is 35.5. The minimum absolute atomic E-state index is 0.642. The molecule has 142 valence electrons. The number of pyridine rings is 1. The van der Waals surface area contributed by atoms with Gasteiger partial charge in [-0.25, -0.2) is 13.0 Å². The van der Waals surface area contributed by atoms with E-state index in [-0.39, 0.29) is 0 Å². The number of alkyl halides is 1. The number of rotatable bonds is 6. The summed E-state index contributed by atoms with van der Waals surface area (Å²) in [6, 6.07) is 12.7. The molecule has 2 rings (SSSR count). The normalized spacial score (nSPS) is 11.1. The van der Waals surface area contributed by atoms with Crippen LogP contribution in [0.3, 0.4) is 0 Å². The van der Waals surface area contributed by atoms with Crippen molar-refractivity contribution in [2.45, 2.75) is 0 Å². The lowest BCUT2D eigenvalue weighted by molar-refractivity contribution is -0.671. The van der Waals surface area contributed by atoms with E-state index in [1.165, 1.54) is 16.8 Å². The molecule has 0 radical (unpaired) electrons. The molecule has 8 heteroatoms. The van der Waals surface area contributed by atoms with E-state index in [0.717, 1.165) is 13.7 Å². The molecule has 1 aromatic carbocycles. The lowest BCUT2D eigenvalue weighted by Crippen LogP contribution is -2.25. The Morgan fingerprint density at radius 3 is 2.00 bits per heavy atom. The Hall–Kier alpha value is -1.93. The Balaban J connectivity index is 0.000000487. The quantitative estimate of drug-likeness (QED) is 0.323. The van der Waals surface area contributed by atoms with E-state index < -0.39 is 10.4 Å². The minimum atomic E-state index is -4.41. The molecule has 0 fully saturated rings. The van der Waals surface area contributed by atoms with Crippen LogP contribution in [-0.2, 0) is 21.6 Å². The van der Waals surface area contributed by atoms with Gasteiger partial charge < -0.3 is 9.45 Å². The van der Waals surface area contributed by atoms with Gasteiger partial charge in [-0.05, 0) is 23.3 Å². The van der Waals surface area contributed by atoms with E-state index in [0.29, 0.717) is 5.88 Å². The number of halogens is 1. The van der Waals surface area contributed by atoms with Crippen molar-refractivity contribution < 1.29 is 21.7 Å². The number of nitrogens with zero attached hydrogens (tertiary/aromatic N) is 2. The standard InChI is InChI=1S/C17H20ClN2.CH4O4S/c1-19-12-9-16(10-13-19)4-3-15-5-7-17(8-6-15)20(2)14-11-18;1-5-6(2,3)4/h3-10,12-13H,11,14H2,1-2H3;1H3,(H,2,3,4)/q+1;/p-1. The Labute approximate surface area is 160 Å². The van der Waals surface area contributed by atoms with E-state index in [9.17, 15) is 13.0 Å². The van der Waals surface area contributed by atoms with Crippen molar-refractivity contribution in [1.82, 2.24) is 0 Å². The first kappa shape index (κ1) is 22.1. The molecule has 1 heterocycles. The molecule has 0 amide bonds. The van der Waals surface area contributed by atoms with E-state index in [2.05, 4.69) is 64.7 Å². The van der Waals surface area contributed by atoms with Crippen molar-refractivity contribution in [3.63, 3.8) is 0 Å². The fourth-order valence-electron chi connectivity index (χ4n) is 1.91. The topological polar surface area (TPSA) is 73.5 Å². The van der Waals surface area contributed by atoms with Gasteiger partial charge >= 0.3 is 0 Å². The van der Waals surface area contributed by atoms with Crippen LogP contribution in [0.2, 0.25) is 0 Å². The number of aryl methyl sites for hydroxylation is 1. The average Bonchev–Trinajstić information content (AvgIpc) is 2.62. The molecule has 2 aromatic rings. The van der Waals surface area contributed by atoms with E-state index >= 15 is 0 Å². The van der Waals surface area contributed by atoms with Gasteiger partial charge in [0.25, 0.3) is 0 Å². The molecule has 0 aliphatic heterocycles. The largest absolute Gasteiger partial charge is 0.726 e. The average molecular weight is 399 g/mol. The van der Waals surface area contributed by atoms with E-state index in [1.807, 2.05) is 24.0 Å². The highest BCUT2D eigenvalue weighted by Gasteiger charge is 1.99. The van der Waals surface area contributed by atoms with E-state index in [4.69, 9.17) is 11.6 Å². The third kappa shape index (κ3) is 8.96. The van der Waals surface area contributed by atoms with Crippen molar-refractivity contribution in [2.24, 2.45) is 7.05 Å². The smallest absolute Gasteiger partial charge is 0.217 e. The molecular formula is C18H23ClN2O4S. The lowest BCUT2D eigenvalue weighted by Gasteiger charge is -2.17. The summed E-state index contributed by atoms with van der Waals surface area (Å²) in [6.07, 6.45) is 8.34. The van der Waals surface area contributed by atoms with Crippen LogP contribution < -0.4 is 9.47 Å². The van der Waals surface area contributed by atoms with Gasteiger partial charge in [0.2, 0.25) is 10.4 Å². The van der Waals surface area contributed by atoms with Gasteiger partial charge in [0.05, 0.1) is 7.11 Å². The van der Waals surface area contributed by atoms with Gasteiger partial charge in [-0.1, -0.05) is 24.3 Å². The first-order chi connectivity index (χ1) is 12.2. The summed E-state index contributed by atoms with van der Waals surface area (Å²) in [7, 11) is 0.466. The maximum atomic E-state index is 9.22. The van der Waals surface area contributed by atoms with Crippen LogP contribution in [0.4, 0.5) is 5.69 Å². The SMILES string of the molecule is CN(CCCl)c1ccc(/C=C/c2cc[n+](C)cc2)cc1.COS(=O)(=O)[O-]. The highest BCUT2D eigenvalue weighted by Crippen LogP contribution is 2.15. The van der Waals surface area contributed by atoms with Gasteiger partial charge in [0, 0.05) is 37.3 Å². The maximum absolute atomic E-state index is 9.22. The molecular weight excluding hydrogens is 376 g/mol. The minimum Gasteiger partial charge on any atom is -0.726 e. The van der Waals surface area contributed by atoms with Crippen LogP contribution in [0.5, 0.6) is 0 Å². The second kappa shape index (κ2) is 10.9. The van der Waals surface area contributed by atoms with Crippen LogP contribution in [-0.4, -0.2) is 39.6 Å². The molecule has 0 N–H and O–H groups in total. The first-order valence-electron chi connectivity index (χ1n) is 7.77. The summed E-state index contributed by atoms with van der Waals surface area (Å²) < 4.78 is 33.0. The highest BCUT2D eigenvalue weighted by molar-refractivity contribution is 7.80. The van der Waals surface area contributed by atoms with Gasteiger partial charge in [-0.2, -0.15) is 0 Å². The second-order valence-corrected chi connectivity index (χ2v) is 6.94. The Morgan fingerprint density at radius 1 is 1.12 bits per heavy atom. The van der Waals surface area contributed by atoms with Gasteiger partial charge in [-0.15, -0.1) is 11.6 Å². The van der Waals surface area contributed by atoms with Crippen molar-refractivity contribution in [3.05, 3.63) is 59.9 Å². The van der Waals surface area contributed by atoms with Crippen LogP contribution in [0.25, 0.3) is 12.2 Å². The number of anilines is 1. The third-order valence-electron chi connectivity index (χ3n) is 3.43. The van der Waals surface area contributed by atoms with Crippen molar-refractivity contribution in [2.75, 3.05) is 31.5 Å². The molecule has 0 atom stereocenters. The predicted molar refractivity (Wildman–Crippen MR) is 104 cm³/mol. The molecule has 0 aliphatic carbocycles. The van der Waals surface area contributed by atoms with E-state index in [1.54, 1.807) is 0 Å². The summed E-state index contributed by atoms with van der Waals surface area (Å²) >= 11 is 5.75. The summed E-state index contributed by atoms with van der Waals surface area (Å²) in [5, 5.41) is 0. The lowest BCUT2D eigenvalue weighted by atomic mass is 10.1. The number of aromatic nitrogens is 1. The number of hydrogen-bond acceptors (Lipinski definition) is 5. The van der Waals surface area contributed by atoms with Crippen molar-refractivity contribution >= 4 is 39.8 Å². The first-order valence-corrected chi connectivity index (χ1v) is 9.64. The second-order valence-electron chi connectivity index (χ2n) is 5.41. The maximum Gasteiger partial charge on any atom is 0.217 e. The molecule has 0 saturated heterocycles. The van der Waals surface area contributed by atoms with Crippen molar-refractivity contribution in [3.8, 4) is 0 Å². The summed E-state index contributed by atoms with van der Waals surface area (Å²) in [5.41, 5.74) is 3.59. The van der Waals surface area contributed by atoms with Gasteiger partial charge in [0.1, 0.15) is 7.05 Å². The zero-order valence-corrected chi connectivity index (χ0v) is 16.6. The zero-order chi connectivity index (χ0) is 19.6. The predicted octanol–water partition coefficient (Wildman–Crippen LogP) is 2.45. The Kier molecular flexibility index (Phi) is 9.29. The Bertz CT molecular complexity index is 791. The number of hydrogen-bond donors (Lipinski definition) is 0. The molecule has 0 bridgehead atoms. The molecule has 26 heavy (non-hydrogen) atoms. The fraction of sp³-hybridized carbons (Fsp3) is 0.278. The molecule has 0 saturated carbocycles. The monoisotopic (exact) mass is 398 g/mol. The summed E-state index contributed by atoms with van der Waals surface area (Å²) in [4.78, 5) is 2.15. The molecule has 0 aliphatic rings. The van der Waals surface area contributed by atoms with Crippen LogP contribution in [0.1, 0.15) is 11.1 Å². The van der Waals surface area contributed by atoms with Gasteiger partial charge in [0.15, 0.2) is 12.4 Å². The zero-order valence-electron chi connectivity index (χ0n) is 15.0. The third-order valence-corrected chi connectivity index (χ3v) is 4.01. The summed E-state index contributed by atoms with van der Waals surface area (Å²) in [6.45, 7) is 0.859. The molecule has 1 aromatic heterocycles. The van der Waals surface area contributed by atoms with Gasteiger partial charge in [-0.3, -0.25) is 4.18 Å². The van der Waals surface area contributed by atoms with Crippen molar-refractivity contribution in [1.29, 1.82) is 0 Å². The summed E-state index contributed by atoms with van der Waals surface area (Å²) in [5.74, 6) is 0.642. The van der Waals surface area contributed by atoms with Crippen LogP contribution in [0.15, 0.2) is 48.8 Å². The molecule has 6 nitrogen and oxygen atoms in total. The molecule has 0 spiro atoms. The Morgan fingerprint density at radius 2 is 1.58 bits per heavy atom.